The van der Waals surface area contributed by atoms with E-state index in [0.29, 0.717) is 33.7 Å². The van der Waals surface area contributed by atoms with Gasteiger partial charge in [0, 0.05) is 22.5 Å². The molecule has 0 radical (unpaired) electrons. The van der Waals surface area contributed by atoms with Gasteiger partial charge in [0.05, 0.1) is 5.56 Å². The fraction of sp³-hybridized carbons (Fsp3) is 0.154. The summed E-state index contributed by atoms with van der Waals surface area (Å²) in [6, 6.07) is 19.9. The van der Waals surface area contributed by atoms with Crippen LogP contribution in [0.2, 0.25) is 5.02 Å². The summed E-state index contributed by atoms with van der Waals surface area (Å²) in [7, 11) is 0. The number of rotatable bonds is 9. The van der Waals surface area contributed by atoms with Crippen LogP contribution >= 0.6 is 22.9 Å². The van der Waals surface area contributed by atoms with Gasteiger partial charge in [0.2, 0.25) is 0 Å². The Kier molecular flexibility index (Phi) is 8.12. The number of aromatic nitrogens is 1. The van der Waals surface area contributed by atoms with Gasteiger partial charge < -0.3 is 9.47 Å². The molecule has 1 aromatic heterocycles. The summed E-state index contributed by atoms with van der Waals surface area (Å²) in [5.41, 5.74) is 0.609. The predicted octanol–water partition coefficient (Wildman–Crippen LogP) is 7.00. The van der Waals surface area contributed by atoms with Gasteiger partial charge in [-0.05, 0) is 53.6 Å². The van der Waals surface area contributed by atoms with Crippen LogP contribution < -0.4 is 14.8 Å². The molecule has 0 bridgehead atoms. The average Bonchev–Trinajstić information content (AvgIpc) is 3.30. The minimum absolute atomic E-state index is 0.158. The molecule has 0 atom stereocenters. The molecule has 0 spiro atoms. The molecule has 1 heterocycles. The van der Waals surface area contributed by atoms with E-state index in [1.165, 1.54) is 12.3 Å². The third-order valence-electron chi connectivity index (χ3n) is 4.98. The Morgan fingerprint density at radius 2 is 1.67 bits per heavy atom. The number of amides is 1. The topological polar surface area (TPSA) is 60.5 Å². The maximum atomic E-state index is 13.0. The van der Waals surface area contributed by atoms with E-state index in [-0.39, 0.29) is 18.1 Å². The number of carbonyl (C=O) groups is 1. The van der Waals surface area contributed by atoms with Crippen molar-refractivity contribution in [3.63, 3.8) is 0 Å². The summed E-state index contributed by atoms with van der Waals surface area (Å²) in [6.45, 7) is 0.206. The number of benzene rings is 3. The maximum Gasteiger partial charge on any atom is 0.416 e. The van der Waals surface area contributed by atoms with Crippen molar-refractivity contribution in [2.24, 2.45) is 0 Å². The molecular formula is C26H20ClF3N2O3S. The molecule has 5 nitrogen and oxygen atoms in total. The highest BCUT2D eigenvalue weighted by atomic mass is 35.5. The molecule has 0 saturated heterocycles. The number of nitrogens with zero attached hydrogens (tertiary/aromatic N) is 1. The molecule has 4 aromatic rings. The molecule has 3 aromatic carbocycles. The molecular weight excluding hydrogens is 513 g/mol. The van der Waals surface area contributed by atoms with Crippen molar-refractivity contribution in [3.8, 4) is 11.5 Å². The quantitative estimate of drug-likeness (QED) is 0.252. The molecule has 10 heteroatoms. The number of thiazole rings is 1. The highest BCUT2D eigenvalue weighted by Crippen LogP contribution is 2.33. The van der Waals surface area contributed by atoms with Crippen LogP contribution in [0, 0.1) is 0 Å². The number of carbonyl (C=O) groups excluding carboxylic acids is 1. The Balaban J connectivity index is 1.26. The monoisotopic (exact) mass is 532 g/mol. The summed E-state index contributed by atoms with van der Waals surface area (Å²) >= 11 is 7.22. The van der Waals surface area contributed by atoms with E-state index >= 15 is 0 Å². The molecule has 0 unspecified atom stereocenters. The first-order chi connectivity index (χ1) is 17.3. The number of nitrogens with one attached hydrogen (secondary N) is 1. The van der Waals surface area contributed by atoms with E-state index in [1.807, 2.05) is 30.3 Å². The van der Waals surface area contributed by atoms with Crippen molar-refractivity contribution in [3.05, 3.63) is 106 Å². The molecule has 4 rings (SSSR count). The minimum atomic E-state index is -4.46. The van der Waals surface area contributed by atoms with Gasteiger partial charge in [0.1, 0.15) is 18.1 Å². The molecule has 1 N–H and O–H groups in total. The van der Waals surface area contributed by atoms with Gasteiger partial charge in [-0.15, -0.1) is 11.3 Å². The summed E-state index contributed by atoms with van der Waals surface area (Å²) in [6.07, 6.45) is -2.81. The van der Waals surface area contributed by atoms with Crippen LogP contribution in [0.25, 0.3) is 0 Å². The van der Waals surface area contributed by atoms with E-state index in [9.17, 15) is 18.0 Å². The molecule has 186 valence electrons. The average molecular weight is 533 g/mol. The minimum Gasteiger partial charge on any atom is -0.489 e. The van der Waals surface area contributed by atoms with E-state index in [1.54, 1.807) is 24.3 Å². The van der Waals surface area contributed by atoms with Crippen LogP contribution in [0.3, 0.4) is 0 Å². The molecule has 36 heavy (non-hydrogen) atoms. The van der Waals surface area contributed by atoms with E-state index < -0.39 is 17.6 Å². The number of anilines is 1. The lowest BCUT2D eigenvalue weighted by Crippen LogP contribution is -2.19. The first-order valence-corrected chi connectivity index (χ1v) is 12.0. The third-order valence-corrected chi connectivity index (χ3v) is 6.26. The van der Waals surface area contributed by atoms with Crippen molar-refractivity contribution in [1.29, 1.82) is 0 Å². The predicted molar refractivity (Wildman–Crippen MR) is 133 cm³/mol. The van der Waals surface area contributed by atoms with Crippen molar-refractivity contribution >= 4 is 34.0 Å². The number of hydrogen-bond donors (Lipinski definition) is 1. The highest BCUT2D eigenvalue weighted by Gasteiger charge is 2.31. The normalized spacial score (nSPS) is 11.2. The lowest BCUT2D eigenvalue weighted by atomic mass is 10.1. The zero-order chi connectivity index (χ0) is 25.5. The van der Waals surface area contributed by atoms with Gasteiger partial charge in [0.25, 0.3) is 5.91 Å². The van der Waals surface area contributed by atoms with Gasteiger partial charge in [-0.2, -0.15) is 13.2 Å². The Labute approximate surface area is 214 Å². The lowest BCUT2D eigenvalue weighted by Gasteiger charge is -2.09. The second kappa shape index (κ2) is 11.5. The summed E-state index contributed by atoms with van der Waals surface area (Å²) in [5.74, 6) is 0.750. The molecule has 0 aliphatic rings. The molecule has 0 fully saturated rings. The summed E-state index contributed by atoms with van der Waals surface area (Å²) in [5, 5.41) is 3.16. The smallest absolute Gasteiger partial charge is 0.416 e. The number of alkyl halides is 3. The summed E-state index contributed by atoms with van der Waals surface area (Å²) in [4.78, 5) is 17.0. The Morgan fingerprint density at radius 3 is 2.36 bits per heavy atom. The SMILES string of the molecule is O=C(COc1ccc(OCc2ccccc2)cc1)Nc1ncc(Cc2cc(C(F)(F)F)ccc2Cl)s1. The number of halogens is 4. The highest BCUT2D eigenvalue weighted by molar-refractivity contribution is 7.15. The van der Waals surface area contributed by atoms with Gasteiger partial charge >= 0.3 is 6.18 Å². The molecule has 1 amide bonds. The second-order valence-corrected chi connectivity index (χ2v) is 9.22. The van der Waals surface area contributed by atoms with Crippen molar-refractivity contribution in [1.82, 2.24) is 4.98 Å². The number of ether oxygens (including phenoxy) is 2. The van der Waals surface area contributed by atoms with Crippen LogP contribution in [0.4, 0.5) is 18.3 Å². The fourth-order valence-electron chi connectivity index (χ4n) is 3.20. The zero-order valence-electron chi connectivity index (χ0n) is 18.7. The summed E-state index contributed by atoms with van der Waals surface area (Å²) < 4.78 is 50.2. The van der Waals surface area contributed by atoms with Gasteiger partial charge in [-0.25, -0.2) is 4.98 Å². The third kappa shape index (κ3) is 7.22. The first kappa shape index (κ1) is 25.5. The molecule has 0 aliphatic heterocycles. The first-order valence-electron chi connectivity index (χ1n) is 10.8. The Bertz CT molecular complexity index is 1310. The van der Waals surface area contributed by atoms with Crippen LogP contribution in [0.5, 0.6) is 11.5 Å². The van der Waals surface area contributed by atoms with Crippen molar-refractivity contribution < 1.29 is 27.4 Å². The number of hydrogen-bond acceptors (Lipinski definition) is 5. The van der Waals surface area contributed by atoms with Crippen molar-refractivity contribution in [2.45, 2.75) is 19.2 Å². The molecule has 0 saturated carbocycles. The maximum absolute atomic E-state index is 13.0. The largest absolute Gasteiger partial charge is 0.489 e. The van der Waals surface area contributed by atoms with E-state index in [2.05, 4.69) is 10.3 Å². The molecule has 0 aliphatic carbocycles. The van der Waals surface area contributed by atoms with Crippen LogP contribution in [-0.2, 0) is 24.0 Å². The lowest BCUT2D eigenvalue weighted by molar-refractivity contribution is -0.137. The van der Waals surface area contributed by atoms with Crippen LogP contribution in [-0.4, -0.2) is 17.5 Å². The Morgan fingerprint density at radius 1 is 0.972 bits per heavy atom. The van der Waals surface area contributed by atoms with Gasteiger partial charge in [-0.1, -0.05) is 41.9 Å². The van der Waals surface area contributed by atoms with E-state index in [4.69, 9.17) is 21.1 Å². The van der Waals surface area contributed by atoms with Crippen LogP contribution in [0.15, 0.2) is 79.0 Å². The zero-order valence-corrected chi connectivity index (χ0v) is 20.3. The standard InChI is InChI=1S/C26H20ClF3N2O3S/c27-23-11-6-19(26(28,29)30)12-18(23)13-22-14-31-25(36-22)32-24(33)16-35-21-9-7-20(8-10-21)34-15-17-4-2-1-3-5-17/h1-12,14H,13,15-16H2,(H,31,32,33). The van der Waals surface area contributed by atoms with Crippen LogP contribution in [0.1, 0.15) is 21.6 Å². The van der Waals surface area contributed by atoms with Crippen molar-refractivity contribution in [2.75, 3.05) is 11.9 Å². The second-order valence-electron chi connectivity index (χ2n) is 7.69. The Hall–Kier alpha value is -3.56. The van der Waals surface area contributed by atoms with Gasteiger partial charge in [-0.3, -0.25) is 10.1 Å². The van der Waals surface area contributed by atoms with E-state index in [0.717, 1.165) is 29.0 Å². The van der Waals surface area contributed by atoms with Gasteiger partial charge in [0.15, 0.2) is 11.7 Å². The fourth-order valence-corrected chi connectivity index (χ4v) is 4.23.